The standard InChI is InChI=1S/C22H27N5O6S2/c1-4-9-25(14-24(3)22(30)33-12-16-5-7-17(8-6-16)27(31)32)20(29)19-13-34-21(23-19)26-10-18(11-26)35-15(2)28/h5-8,13,18H,4,9-12,14H2,1-3H3. The highest BCUT2D eigenvalue weighted by molar-refractivity contribution is 8.14. The maximum absolute atomic E-state index is 13.1. The van der Waals surface area contributed by atoms with E-state index in [9.17, 15) is 24.5 Å². The van der Waals surface area contributed by atoms with Crippen molar-refractivity contribution in [1.82, 2.24) is 14.8 Å². The number of hydrogen-bond donors (Lipinski definition) is 0. The average molecular weight is 522 g/mol. The highest BCUT2D eigenvalue weighted by Crippen LogP contribution is 2.31. The molecule has 13 heteroatoms. The number of anilines is 1. The monoisotopic (exact) mass is 521 g/mol. The quantitative estimate of drug-likeness (QED) is 0.262. The van der Waals surface area contributed by atoms with Crippen LogP contribution in [-0.2, 0) is 16.1 Å². The van der Waals surface area contributed by atoms with Crippen LogP contribution in [0.3, 0.4) is 0 Å². The molecule has 0 saturated carbocycles. The molecule has 1 aromatic carbocycles. The van der Waals surface area contributed by atoms with Crippen molar-refractivity contribution in [2.75, 3.05) is 38.3 Å². The molecule has 1 aliphatic heterocycles. The van der Waals surface area contributed by atoms with E-state index < -0.39 is 11.0 Å². The number of aromatic nitrogens is 1. The van der Waals surface area contributed by atoms with Gasteiger partial charge >= 0.3 is 6.09 Å². The topological polar surface area (TPSA) is 126 Å². The van der Waals surface area contributed by atoms with E-state index in [0.717, 1.165) is 5.13 Å². The van der Waals surface area contributed by atoms with Gasteiger partial charge in [-0.05, 0) is 24.1 Å². The number of thiazole rings is 1. The highest BCUT2D eigenvalue weighted by Gasteiger charge is 2.31. The van der Waals surface area contributed by atoms with E-state index >= 15 is 0 Å². The Morgan fingerprint density at radius 1 is 1.29 bits per heavy atom. The van der Waals surface area contributed by atoms with Gasteiger partial charge in [-0.25, -0.2) is 9.78 Å². The molecule has 1 aromatic heterocycles. The van der Waals surface area contributed by atoms with Crippen molar-refractivity contribution in [3.8, 4) is 0 Å². The number of nitro benzene ring substituents is 1. The molecule has 2 aromatic rings. The summed E-state index contributed by atoms with van der Waals surface area (Å²) in [5.41, 5.74) is 0.887. The van der Waals surface area contributed by atoms with Crippen LogP contribution >= 0.6 is 23.1 Å². The van der Waals surface area contributed by atoms with Gasteiger partial charge in [0, 0.05) is 56.4 Å². The maximum atomic E-state index is 13.1. The molecule has 0 unspecified atom stereocenters. The Morgan fingerprint density at radius 3 is 2.57 bits per heavy atom. The molecule has 1 saturated heterocycles. The van der Waals surface area contributed by atoms with Crippen LogP contribution in [0.5, 0.6) is 0 Å². The molecule has 188 valence electrons. The van der Waals surface area contributed by atoms with Crippen molar-refractivity contribution in [3.05, 3.63) is 51.0 Å². The summed E-state index contributed by atoms with van der Waals surface area (Å²) in [6.45, 7) is 5.34. The van der Waals surface area contributed by atoms with E-state index in [1.807, 2.05) is 11.8 Å². The molecule has 0 spiro atoms. The van der Waals surface area contributed by atoms with E-state index in [1.54, 1.807) is 12.3 Å². The van der Waals surface area contributed by atoms with Crippen LogP contribution in [0.15, 0.2) is 29.6 Å². The number of thioether (sulfide) groups is 1. The summed E-state index contributed by atoms with van der Waals surface area (Å²) in [4.78, 5) is 56.3. The third-order valence-corrected chi connectivity index (χ3v) is 7.01. The lowest BCUT2D eigenvalue weighted by molar-refractivity contribution is -0.384. The van der Waals surface area contributed by atoms with Crippen LogP contribution in [0.1, 0.15) is 36.3 Å². The van der Waals surface area contributed by atoms with Gasteiger partial charge in [-0.2, -0.15) is 0 Å². The van der Waals surface area contributed by atoms with Crippen molar-refractivity contribution >= 4 is 51.0 Å². The second-order valence-corrected chi connectivity index (χ2v) is 10.4. The van der Waals surface area contributed by atoms with E-state index in [2.05, 4.69) is 4.98 Å². The van der Waals surface area contributed by atoms with E-state index in [4.69, 9.17) is 4.74 Å². The van der Waals surface area contributed by atoms with Gasteiger partial charge in [0.1, 0.15) is 12.3 Å². The number of non-ortho nitro benzene ring substituents is 1. The van der Waals surface area contributed by atoms with Gasteiger partial charge in [-0.3, -0.25) is 24.6 Å². The molecule has 0 bridgehead atoms. The van der Waals surface area contributed by atoms with Crippen LogP contribution in [-0.4, -0.2) is 75.4 Å². The first kappa shape index (κ1) is 26.4. The van der Waals surface area contributed by atoms with Crippen molar-refractivity contribution < 1.29 is 24.0 Å². The zero-order valence-corrected chi connectivity index (χ0v) is 21.3. The number of rotatable bonds is 10. The van der Waals surface area contributed by atoms with Crippen LogP contribution < -0.4 is 4.90 Å². The Kier molecular flexibility index (Phi) is 9.04. The fraction of sp³-hybridized carbons (Fsp3) is 0.455. The van der Waals surface area contributed by atoms with Gasteiger partial charge in [-0.1, -0.05) is 18.7 Å². The molecule has 11 nitrogen and oxygen atoms in total. The van der Waals surface area contributed by atoms with Gasteiger partial charge in [0.15, 0.2) is 10.2 Å². The molecule has 2 amide bonds. The largest absolute Gasteiger partial charge is 0.445 e. The number of hydrogen-bond acceptors (Lipinski definition) is 10. The zero-order valence-electron chi connectivity index (χ0n) is 19.7. The number of ether oxygens (including phenoxy) is 1. The minimum Gasteiger partial charge on any atom is -0.445 e. The fourth-order valence-electron chi connectivity index (χ4n) is 3.36. The second kappa shape index (κ2) is 12.0. The maximum Gasteiger partial charge on any atom is 0.411 e. The Labute approximate surface area is 211 Å². The van der Waals surface area contributed by atoms with Crippen molar-refractivity contribution in [3.63, 3.8) is 0 Å². The summed E-state index contributed by atoms with van der Waals surface area (Å²) in [5, 5.41) is 13.5. The van der Waals surface area contributed by atoms with Crippen molar-refractivity contribution in [1.29, 1.82) is 0 Å². The normalized spacial score (nSPS) is 13.2. The highest BCUT2D eigenvalue weighted by atomic mass is 32.2. The van der Waals surface area contributed by atoms with Gasteiger partial charge < -0.3 is 14.5 Å². The minimum atomic E-state index is -0.620. The number of amides is 2. The number of benzene rings is 1. The number of nitrogens with zero attached hydrogens (tertiary/aromatic N) is 5. The van der Waals surface area contributed by atoms with Crippen LogP contribution in [0.25, 0.3) is 0 Å². The van der Waals surface area contributed by atoms with E-state index in [0.29, 0.717) is 37.3 Å². The van der Waals surface area contributed by atoms with E-state index in [-0.39, 0.29) is 35.2 Å². The predicted octanol–water partition coefficient (Wildman–Crippen LogP) is 3.60. The molecule has 2 heterocycles. The second-order valence-electron chi connectivity index (χ2n) is 8.04. The zero-order chi connectivity index (χ0) is 25.5. The van der Waals surface area contributed by atoms with Crippen molar-refractivity contribution in [2.45, 2.75) is 32.1 Å². The fourth-order valence-corrected chi connectivity index (χ4v) is 5.16. The summed E-state index contributed by atoms with van der Waals surface area (Å²) in [6, 6.07) is 5.74. The number of carbonyl (C=O) groups excluding carboxylic acids is 3. The van der Waals surface area contributed by atoms with E-state index in [1.165, 1.54) is 64.2 Å². The van der Waals surface area contributed by atoms with Crippen LogP contribution in [0.4, 0.5) is 15.6 Å². The lowest BCUT2D eigenvalue weighted by atomic mass is 10.2. The first-order chi connectivity index (χ1) is 16.7. The molecule has 1 fully saturated rings. The summed E-state index contributed by atoms with van der Waals surface area (Å²) in [7, 11) is 1.54. The first-order valence-corrected chi connectivity index (χ1v) is 12.7. The Morgan fingerprint density at radius 2 is 1.97 bits per heavy atom. The van der Waals surface area contributed by atoms with Gasteiger partial charge in [0.05, 0.1) is 11.6 Å². The first-order valence-electron chi connectivity index (χ1n) is 11.0. The summed E-state index contributed by atoms with van der Waals surface area (Å²) in [6.07, 6.45) is 0.0793. The predicted molar refractivity (Wildman–Crippen MR) is 134 cm³/mol. The molecule has 0 N–H and O–H groups in total. The molecule has 1 aliphatic rings. The molecule has 35 heavy (non-hydrogen) atoms. The summed E-state index contributed by atoms with van der Waals surface area (Å²) >= 11 is 2.70. The third kappa shape index (κ3) is 7.15. The van der Waals surface area contributed by atoms with Crippen LogP contribution in [0, 0.1) is 10.1 Å². The molecular weight excluding hydrogens is 494 g/mol. The van der Waals surface area contributed by atoms with Gasteiger partial charge in [0.25, 0.3) is 11.6 Å². The summed E-state index contributed by atoms with van der Waals surface area (Å²) < 4.78 is 5.28. The molecule has 0 radical (unpaired) electrons. The summed E-state index contributed by atoms with van der Waals surface area (Å²) in [5.74, 6) is -0.278. The molecule has 0 atom stereocenters. The molecule has 3 rings (SSSR count). The third-order valence-electron chi connectivity index (χ3n) is 5.15. The Balaban J connectivity index is 1.53. The minimum absolute atomic E-state index is 0.0274. The Bertz CT molecular complexity index is 1070. The number of nitro groups is 1. The molecule has 0 aliphatic carbocycles. The lowest BCUT2D eigenvalue weighted by Gasteiger charge is -2.37. The van der Waals surface area contributed by atoms with Gasteiger partial charge in [-0.15, -0.1) is 11.3 Å². The van der Waals surface area contributed by atoms with Gasteiger partial charge in [0.2, 0.25) is 0 Å². The number of carbonyl (C=O) groups is 3. The molecular formula is C22H27N5O6S2. The Hall–Kier alpha value is -3.19. The SMILES string of the molecule is CCCN(CN(C)C(=O)OCc1ccc([N+](=O)[O-])cc1)C(=O)c1csc(N2CC(SC(C)=O)C2)n1. The van der Waals surface area contributed by atoms with Crippen molar-refractivity contribution in [2.24, 2.45) is 0 Å². The average Bonchev–Trinajstić information content (AvgIpc) is 3.28. The van der Waals surface area contributed by atoms with Crippen LogP contribution in [0.2, 0.25) is 0 Å². The smallest absolute Gasteiger partial charge is 0.411 e. The lowest BCUT2D eigenvalue weighted by Crippen LogP contribution is -2.49.